The first-order valence-corrected chi connectivity index (χ1v) is 19.5. The predicted molar refractivity (Wildman–Crippen MR) is 232 cm³/mol. The molecule has 0 radical (unpaired) electrons. The van der Waals surface area contributed by atoms with Crippen molar-refractivity contribution >= 4 is 43.9 Å². The highest BCUT2D eigenvalue weighted by atomic mass is 16.3. The molecule has 6 aromatic carbocycles. The minimum absolute atomic E-state index is 0.0190. The quantitative estimate of drug-likeness (QED) is 0.180. The minimum Gasteiger partial charge on any atom is -0.456 e. The largest absolute Gasteiger partial charge is 0.456 e. The zero-order valence-corrected chi connectivity index (χ0v) is 33.7. The molecule has 0 spiro atoms. The maximum atomic E-state index is 7.05. The van der Waals surface area contributed by atoms with E-state index in [1.54, 1.807) is 0 Å². The topological polar surface area (TPSA) is 65.0 Å². The molecule has 0 saturated carbocycles. The van der Waals surface area contributed by atoms with Crippen LogP contribution in [0.1, 0.15) is 79.0 Å². The van der Waals surface area contributed by atoms with Gasteiger partial charge in [-0.15, -0.1) is 0 Å². The Kier molecular flexibility index (Phi) is 8.10. The van der Waals surface area contributed by atoms with Gasteiger partial charge in [-0.25, -0.2) is 15.0 Å². The van der Waals surface area contributed by atoms with Crippen molar-refractivity contribution in [3.8, 4) is 45.3 Å². The van der Waals surface area contributed by atoms with Crippen LogP contribution in [0, 0.1) is 0 Å². The summed E-state index contributed by atoms with van der Waals surface area (Å²) in [7, 11) is 0. The monoisotopic (exact) mass is 733 g/mol. The third-order valence-corrected chi connectivity index (χ3v) is 11.0. The second kappa shape index (κ2) is 12.7. The van der Waals surface area contributed by atoms with Gasteiger partial charge in [-0.3, -0.25) is 0 Å². The van der Waals surface area contributed by atoms with Crippen molar-refractivity contribution in [2.45, 2.75) is 78.6 Å². The van der Waals surface area contributed by atoms with E-state index in [1.807, 2.05) is 60.7 Å². The summed E-state index contributed by atoms with van der Waals surface area (Å²) in [6, 6.07) is 42.2. The lowest BCUT2D eigenvalue weighted by atomic mass is 9.79. The van der Waals surface area contributed by atoms with Crippen LogP contribution in [0.2, 0.25) is 0 Å². The maximum absolute atomic E-state index is 7.05. The Morgan fingerprint density at radius 3 is 1.68 bits per heavy atom. The maximum Gasteiger partial charge on any atom is 0.164 e. The normalized spacial score (nSPS) is 12.7. The van der Waals surface area contributed by atoms with Crippen LogP contribution in [-0.4, -0.2) is 15.0 Å². The molecule has 0 aliphatic carbocycles. The van der Waals surface area contributed by atoms with Crippen LogP contribution >= 0.6 is 0 Å². The summed E-state index contributed by atoms with van der Waals surface area (Å²) in [5.74, 6) is 1.80. The van der Waals surface area contributed by atoms with Crippen LogP contribution in [0.3, 0.4) is 0 Å². The predicted octanol–water partition coefficient (Wildman–Crippen LogP) is 14.2. The number of nitrogens with zero attached hydrogens (tertiary/aromatic N) is 3. The first-order valence-electron chi connectivity index (χ1n) is 19.5. The summed E-state index contributed by atoms with van der Waals surface area (Å²) in [4.78, 5) is 15.4. The van der Waals surface area contributed by atoms with E-state index in [4.69, 9.17) is 23.8 Å². The number of rotatable bonds is 4. The van der Waals surface area contributed by atoms with Crippen LogP contribution in [0.5, 0.6) is 0 Å². The third kappa shape index (κ3) is 6.16. The Balaban J connectivity index is 1.28. The smallest absolute Gasteiger partial charge is 0.164 e. The van der Waals surface area contributed by atoms with Crippen molar-refractivity contribution in [3.05, 3.63) is 138 Å². The number of hydrogen-bond donors (Lipinski definition) is 0. The molecule has 9 rings (SSSR count). The summed E-state index contributed by atoms with van der Waals surface area (Å²) in [5, 5.41) is 4.32. The Morgan fingerprint density at radius 2 is 0.964 bits per heavy atom. The molecule has 0 atom stereocenters. The highest BCUT2D eigenvalue weighted by Gasteiger charge is 2.28. The number of hydrogen-bond acceptors (Lipinski definition) is 5. The van der Waals surface area contributed by atoms with Gasteiger partial charge in [0.2, 0.25) is 0 Å². The van der Waals surface area contributed by atoms with Crippen molar-refractivity contribution in [2.75, 3.05) is 0 Å². The number of para-hydroxylation sites is 1. The molecule has 0 amide bonds. The molecule has 0 N–H and O–H groups in total. The van der Waals surface area contributed by atoms with Gasteiger partial charge in [-0.1, -0.05) is 147 Å². The van der Waals surface area contributed by atoms with Crippen molar-refractivity contribution in [3.63, 3.8) is 0 Å². The molecule has 278 valence electrons. The van der Waals surface area contributed by atoms with Crippen LogP contribution < -0.4 is 0 Å². The molecule has 9 aromatic rings. The van der Waals surface area contributed by atoms with E-state index in [9.17, 15) is 0 Å². The minimum atomic E-state index is -0.111. The first-order chi connectivity index (χ1) is 26.6. The average molecular weight is 734 g/mol. The van der Waals surface area contributed by atoms with Gasteiger partial charge in [0.1, 0.15) is 22.3 Å². The second-order valence-corrected chi connectivity index (χ2v) is 18.2. The molecule has 0 bridgehead atoms. The lowest BCUT2D eigenvalue weighted by Gasteiger charge is -2.25. The van der Waals surface area contributed by atoms with Gasteiger partial charge >= 0.3 is 0 Å². The van der Waals surface area contributed by atoms with Gasteiger partial charge in [0.25, 0.3) is 0 Å². The van der Waals surface area contributed by atoms with Crippen molar-refractivity contribution in [1.82, 2.24) is 15.0 Å². The number of aromatic nitrogens is 3. The number of furan rings is 2. The first kappa shape index (κ1) is 35.6. The van der Waals surface area contributed by atoms with E-state index in [0.29, 0.717) is 17.5 Å². The van der Waals surface area contributed by atoms with E-state index in [2.05, 4.69) is 123 Å². The number of fused-ring (bicyclic) bond motifs is 6. The summed E-state index contributed by atoms with van der Waals surface area (Å²) < 4.78 is 13.3. The zero-order valence-electron chi connectivity index (χ0n) is 33.7. The number of benzene rings is 6. The van der Waals surface area contributed by atoms with E-state index in [-0.39, 0.29) is 16.2 Å². The van der Waals surface area contributed by atoms with E-state index < -0.39 is 0 Å². The SMILES string of the molecule is CC(C)(C)c1cc(-c2cccc(-c3nc(-c4ccccc4)nc(-c4cccc5oc6ccccc6c45)n3)c2)c2oc3c(C(C)(C)C)cc(C(C)(C)C)cc3c2c1. The average Bonchev–Trinajstić information content (AvgIpc) is 3.75. The standard InChI is InChI=1S/C51H47N3O2/c1-49(2,3)33-26-37(44-38(27-33)39-28-34(50(4,5)6)29-40(45(39)56-44)51(7,8)9)31-19-15-20-32(25-31)47-52-46(30-17-11-10-12-18-30)53-48(54-47)36-22-16-24-42-43(36)35-21-13-14-23-41(35)55-42/h10-29H,1-9H3. The van der Waals surface area contributed by atoms with Crippen LogP contribution in [0.4, 0.5) is 0 Å². The van der Waals surface area contributed by atoms with Gasteiger partial charge in [-0.05, 0) is 69.3 Å². The van der Waals surface area contributed by atoms with Crippen LogP contribution in [-0.2, 0) is 16.2 Å². The van der Waals surface area contributed by atoms with Crippen molar-refractivity contribution in [1.29, 1.82) is 0 Å². The highest BCUT2D eigenvalue weighted by molar-refractivity contribution is 6.12. The van der Waals surface area contributed by atoms with Crippen LogP contribution in [0.15, 0.2) is 130 Å². The Hall–Kier alpha value is -6.07. The fourth-order valence-corrected chi connectivity index (χ4v) is 7.75. The molecule has 3 aromatic heterocycles. The third-order valence-electron chi connectivity index (χ3n) is 11.0. The highest BCUT2D eigenvalue weighted by Crippen LogP contribution is 2.45. The second-order valence-electron chi connectivity index (χ2n) is 18.2. The van der Waals surface area contributed by atoms with Gasteiger partial charge in [0, 0.05) is 49.4 Å². The van der Waals surface area contributed by atoms with E-state index in [1.165, 1.54) is 16.7 Å². The fourth-order valence-electron chi connectivity index (χ4n) is 7.75. The molecule has 56 heavy (non-hydrogen) atoms. The summed E-state index contributed by atoms with van der Waals surface area (Å²) in [6.45, 7) is 20.5. The molecule has 0 aliphatic heterocycles. The molecule has 0 fully saturated rings. The van der Waals surface area contributed by atoms with Gasteiger partial charge < -0.3 is 8.83 Å². The Labute approximate surface area is 328 Å². The molecule has 5 heteroatoms. The molecular weight excluding hydrogens is 687 g/mol. The summed E-state index contributed by atoms with van der Waals surface area (Å²) in [6.07, 6.45) is 0. The molecule has 5 nitrogen and oxygen atoms in total. The van der Waals surface area contributed by atoms with Crippen molar-refractivity contribution < 1.29 is 8.83 Å². The lowest BCUT2D eigenvalue weighted by Crippen LogP contribution is -2.16. The Bertz CT molecular complexity index is 2960. The van der Waals surface area contributed by atoms with Crippen LogP contribution in [0.25, 0.3) is 89.2 Å². The zero-order chi connectivity index (χ0) is 39.1. The van der Waals surface area contributed by atoms with Crippen molar-refractivity contribution in [2.24, 2.45) is 0 Å². The molecule has 0 aliphatic rings. The molecular formula is C51H47N3O2. The van der Waals surface area contributed by atoms with Gasteiger partial charge in [-0.2, -0.15) is 0 Å². The fraction of sp³-hybridized carbons (Fsp3) is 0.235. The summed E-state index contributed by atoms with van der Waals surface area (Å²) in [5.41, 5.74) is 11.8. The molecule has 3 heterocycles. The lowest BCUT2D eigenvalue weighted by molar-refractivity contribution is 0.559. The van der Waals surface area contributed by atoms with Gasteiger partial charge in [0.15, 0.2) is 17.5 Å². The Morgan fingerprint density at radius 1 is 0.393 bits per heavy atom. The van der Waals surface area contributed by atoms with E-state index >= 15 is 0 Å². The summed E-state index contributed by atoms with van der Waals surface area (Å²) >= 11 is 0. The molecule has 0 unspecified atom stereocenters. The van der Waals surface area contributed by atoms with Gasteiger partial charge in [0.05, 0.1) is 0 Å². The molecule has 0 saturated heterocycles. The van der Waals surface area contributed by atoms with E-state index in [0.717, 1.165) is 71.7 Å².